The van der Waals surface area contributed by atoms with Crippen LogP contribution >= 0.6 is 0 Å². The first-order valence-electron chi connectivity index (χ1n) is 3.72. The predicted molar refractivity (Wildman–Crippen MR) is 42.4 cm³/mol. The molecule has 7 heteroatoms. The molecule has 0 radical (unpaired) electrons. The molecule has 0 saturated carbocycles. The molecule has 0 aromatic heterocycles. The number of benzene rings is 1. The fourth-order valence-corrected chi connectivity index (χ4v) is 0.899. The molecule has 0 bridgehead atoms. The molecule has 4 nitrogen and oxygen atoms in total. The number of carbonyl (C=O) groups excluding carboxylic acids is 1. The second-order valence-electron chi connectivity index (χ2n) is 2.52. The van der Waals surface area contributed by atoms with Crippen LogP contribution in [0.25, 0.3) is 0 Å². The highest BCUT2D eigenvalue weighted by molar-refractivity contribution is 5.93. The fraction of sp³-hybridized carbons (Fsp3) is 0.125. The zero-order chi connectivity index (χ0) is 11.5. The first-order valence-corrected chi connectivity index (χ1v) is 3.72. The molecule has 0 aliphatic rings. The molecular formula is C8H6F3NO3. The van der Waals surface area contributed by atoms with Gasteiger partial charge in [-0.2, -0.15) is 0 Å². The van der Waals surface area contributed by atoms with Crippen molar-refractivity contribution < 1.29 is 27.9 Å². The summed E-state index contributed by atoms with van der Waals surface area (Å²) < 4.78 is 38.9. The van der Waals surface area contributed by atoms with Gasteiger partial charge in [0.15, 0.2) is 0 Å². The Balaban J connectivity index is 2.88. The number of carbonyl (C=O) groups is 1. The maximum atomic E-state index is 11.8. The van der Waals surface area contributed by atoms with Crippen molar-refractivity contribution >= 4 is 5.91 Å². The van der Waals surface area contributed by atoms with Crippen LogP contribution in [0, 0.1) is 0 Å². The Morgan fingerprint density at radius 1 is 1.40 bits per heavy atom. The lowest BCUT2D eigenvalue weighted by Gasteiger charge is -2.09. The topological polar surface area (TPSA) is 58.6 Å². The minimum Gasteiger partial charge on any atom is -0.406 e. The Morgan fingerprint density at radius 3 is 2.60 bits per heavy atom. The van der Waals surface area contributed by atoms with E-state index in [1.807, 2.05) is 0 Å². The molecule has 82 valence electrons. The lowest BCUT2D eigenvalue weighted by Crippen LogP contribution is -2.20. The normalized spacial score (nSPS) is 10.9. The van der Waals surface area contributed by atoms with Crippen LogP contribution in [0.3, 0.4) is 0 Å². The van der Waals surface area contributed by atoms with Gasteiger partial charge in [-0.1, -0.05) is 6.07 Å². The molecule has 1 aromatic rings. The Hall–Kier alpha value is -1.76. The van der Waals surface area contributed by atoms with Gasteiger partial charge >= 0.3 is 6.36 Å². The van der Waals surface area contributed by atoms with E-state index < -0.39 is 18.0 Å². The van der Waals surface area contributed by atoms with Gasteiger partial charge < -0.3 is 4.74 Å². The van der Waals surface area contributed by atoms with Crippen LogP contribution in [0.2, 0.25) is 0 Å². The highest BCUT2D eigenvalue weighted by atomic mass is 19.4. The van der Waals surface area contributed by atoms with Crippen LogP contribution in [0.1, 0.15) is 10.4 Å². The standard InChI is InChI=1S/C8H6F3NO3/c9-8(10,11)15-6-3-1-2-5(4-6)7(13)12-14/h1-4,14H,(H,12,13). The molecule has 1 aromatic carbocycles. The smallest absolute Gasteiger partial charge is 0.406 e. The third-order valence-electron chi connectivity index (χ3n) is 1.43. The Labute approximate surface area is 82.2 Å². The van der Waals surface area contributed by atoms with Crippen LogP contribution in [-0.2, 0) is 0 Å². The second-order valence-corrected chi connectivity index (χ2v) is 2.52. The van der Waals surface area contributed by atoms with Crippen molar-refractivity contribution in [1.82, 2.24) is 5.48 Å². The summed E-state index contributed by atoms with van der Waals surface area (Å²) in [4.78, 5) is 10.8. The maximum absolute atomic E-state index is 11.8. The molecule has 0 atom stereocenters. The monoisotopic (exact) mass is 221 g/mol. The van der Waals surface area contributed by atoms with Gasteiger partial charge in [0, 0.05) is 5.56 Å². The fourth-order valence-electron chi connectivity index (χ4n) is 0.899. The van der Waals surface area contributed by atoms with Crippen LogP contribution in [0.4, 0.5) is 13.2 Å². The van der Waals surface area contributed by atoms with Crippen molar-refractivity contribution in [2.45, 2.75) is 6.36 Å². The number of hydrogen-bond acceptors (Lipinski definition) is 3. The predicted octanol–water partition coefficient (Wildman–Crippen LogP) is 1.70. The van der Waals surface area contributed by atoms with Crippen molar-refractivity contribution in [1.29, 1.82) is 0 Å². The SMILES string of the molecule is O=C(NO)c1cccc(OC(F)(F)F)c1. The van der Waals surface area contributed by atoms with Gasteiger partial charge in [-0.15, -0.1) is 13.2 Å². The largest absolute Gasteiger partial charge is 0.573 e. The lowest BCUT2D eigenvalue weighted by molar-refractivity contribution is -0.274. The van der Waals surface area contributed by atoms with Crippen LogP contribution in [0.5, 0.6) is 5.75 Å². The van der Waals surface area contributed by atoms with E-state index in [1.165, 1.54) is 17.6 Å². The van der Waals surface area contributed by atoms with Crippen LogP contribution < -0.4 is 10.2 Å². The number of amides is 1. The van der Waals surface area contributed by atoms with Gasteiger partial charge in [-0.05, 0) is 18.2 Å². The molecule has 2 N–H and O–H groups in total. The Morgan fingerprint density at radius 2 is 2.07 bits per heavy atom. The summed E-state index contributed by atoms with van der Waals surface area (Å²) in [5, 5.41) is 8.25. The highest BCUT2D eigenvalue weighted by Gasteiger charge is 2.31. The molecule has 0 spiro atoms. The van der Waals surface area contributed by atoms with Gasteiger partial charge in [0.25, 0.3) is 5.91 Å². The summed E-state index contributed by atoms with van der Waals surface area (Å²) in [6.07, 6.45) is -4.81. The summed E-state index contributed by atoms with van der Waals surface area (Å²) in [6.45, 7) is 0. The number of ether oxygens (including phenoxy) is 1. The van der Waals surface area contributed by atoms with E-state index in [0.29, 0.717) is 0 Å². The lowest BCUT2D eigenvalue weighted by atomic mass is 10.2. The number of nitrogens with one attached hydrogen (secondary N) is 1. The zero-order valence-electron chi connectivity index (χ0n) is 7.21. The van der Waals surface area contributed by atoms with Crippen molar-refractivity contribution in [3.05, 3.63) is 29.8 Å². The van der Waals surface area contributed by atoms with Gasteiger partial charge in [-0.25, -0.2) is 5.48 Å². The zero-order valence-corrected chi connectivity index (χ0v) is 7.21. The average Bonchev–Trinajstić information content (AvgIpc) is 2.14. The third-order valence-corrected chi connectivity index (χ3v) is 1.43. The first-order chi connectivity index (χ1) is 6.92. The molecule has 0 aliphatic carbocycles. The molecule has 0 fully saturated rings. The minimum atomic E-state index is -4.81. The molecule has 0 aliphatic heterocycles. The number of hydrogen-bond donors (Lipinski definition) is 2. The van der Waals surface area contributed by atoms with E-state index in [0.717, 1.165) is 12.1 Å². The Bertz CT molecular complexity index is 364. The van der Waals surface area contributed by atoms with Crippen molar-refractivity contribution in [3.63, 3.8) is 0 Å². The van der Waals surface area contributed by atoms with Crippen LogP contribution in [0.15, 0.2) is 24.3 Å². The molecule has 0 heterocycles. The molecule has 1 rings (SSSR count). The quantitative estimate of drug-likeness (QED) is 0.590. The van der Waals surface area contributed by atoms with Crippen molar-refractivity contribution in [2.24, 2.45) is 0 Å². The summed E-state index contributed by atoms with van der Waals surface area (Å²) in [7, 11) is 0. The molecule has 15 heavy (non-hydrogen) atoms. The molecular weight excluding hydrogens is 215 g/mol. The maximum Gasteiger partial charge on any atom is 0.573 e. The summed E-state index contributed by atoms with van der Waals surface area (Å²) in [5.41, 5.74) is 1.16. The highest BCUT2D eigenvalue weighted by Crippen LogP contribution is 2.23. The minimum absolute atomic E-state index is 0.140. The van der Waals surface area contributed by atoms with E-state index in [2.05, 4.69) is 4.74 Å². The summed E-state index contributed by atoms with van der Waals surface area (Å²) >= 11 is 0. The van der Waals surface area contributed by atoms with Crippen molar-refractivity contribution in [2.75, 3.05) is 0 Å². The van der Waals surface area contributed by atoms with Crippen LogP contribution in [-0.4, -0.2) is 17.5 Å². The number of alkyl halides is 3. The van der Waals surface area contributed by atoms with E-state index in [4.69, 9.17) is 5.21 Å². The number of halogens is 3. The van der Waals surface area contributed by atoms with E-state index in [9.17, 15) is 18.0 Å². The van der Waals surface area contributed by atoms with E-state index in [1.54, 1.807) is 0 Å². The van der Waals surface area contributed by atoms with Gasteiger partial charge in [-0.3, -0.25) is 10.0 Å². The number of hydroxylamine groups is 1. The van der Waals surface area contributed by atoms with Gasteiger partial charge in [0.1, 0.15) is 5.75 Å². The van der Waals surface area contributed by atoms with Gasteiger partial charge in [0.05, 0.1) is 0 Å². The van der Waals surface area contributed by atoms with E-state index >= 15 is 0 Å². The average molecular weight is 221 g/mol. The van der Waals surface area contributed by atoms with E-state index in [-0.39, 0.29) is 5.56 Å². The molecule has 0 unspecified atom stereocenters. The summed E-state index contributed by atoms with van der Waals surface area (Å²) in [6, 6.07) is 4.33. The van der Waals surface area contributed by atoms with Crippen molar-refractivity contribution in [3.8, 4) is 5.75 Å². The molecule has 1 amide bonds. The number of rotatable bonds is 2. The first kappa shape index (κ1) is 11.3. The summed E-state index contributed by atoms with van der Waals surface area (Å²) in [5.74, 6) is -1.44. The second kappa shape index (κ2) is 4.18. The Kier molecular flexibility index (Phi) is 3.15. The van der Waals surface area contributed by atoms with Gasteiger partial charge in [0.2, 0.25) is 0 Å². The molecule has 0 saturated heterocycles. The third kappa shape index (κ3) is 3.47.